The number of hydrogen-bond donors (Lipinski definition) is 1. The molecule has 18 heavy (non-hydrogen) atoms. The van der Waals surface area contributed by atoms with Crippen molar-refractivity contribution in [1.29, 1.82) is 0 Å². The van der Waals surface area contributed by atoms with E-state index in [1.165, 1.54) is 5.56 Å². The molecule has 1 aromatic rings. The minimum atomic E-state index is 0.217. The molecular weight excluding hydrogens is 218 g/mol. The lowest BCUT2D eigenvalue weighted by atomic mass is 9.62. The summed E-state index contributed by atoms with van der Waals surface area (Å²) in [7, 11) is 2.10. The van der Waals surface area contributed by atoms with Crippen LogP contribution in [0.25, 0.3) is 0 Å². The zero-order valence-corrected chi connectivity index (χ0v) is 12.9. The van der Waals surface area contributed by atoms with Gasteiger partial charge >= 0.3 is 0 Å². The van der Waals surface area contributed by atoms with Gasteiger partial charge in [-0.15, -0.1) is 0 Å². The van der Waals surface area contributed by atoms with E-state index in [0.29, 0.717) is 6.04 Å². The molecule has 0 spiro atoms. The molecule has 0 saturated carbocycles. The SMILES string of the molecule is CCC(CC)(c1ccccc1)C(NC)C(C)(C)C. The maximum absolute atomic E-state index is 3.58. The summed E-state index contributed by atoms with van der Waals surface area (Å²) in [4.78, 5) is 0. The second kappa shape index (κ2) is 5.88. The van der Waals surface area contributed by atoms with Crippen LogP contribution in [0.15, 0.2) is 30.3 Å². The maximum Gasteiger partial charge on any atom is 0.0209 e. The smallest absolute Gasteiger partial charge is 0.0209 e. The Hall–Kier alpha value is -0.820. The molecule has 1 aromatic carbocycles. The highest BCUT2D eigenvalue weighted by Gasteiger charge is 2.42. The molecule has 1 N–H and O–H groups in total. The summed E-state index contributed by atoms with van der Waals surface area (Å²) in [6, 6.07) is 11.5. The summed E-state index contributed by atoms with van der Waals surface area (Å²) < 4.78 is 0. The molecular formula is C17H29N. The average Bonchev–Trinajstić information content (AvgIpc) is 2.35. The Bertz CT molecular complexity index is 344. The van der Waals surface area contributed by atoms with Crippen LogP contribution in [0.5, 0.6) is 0 Å². The summed E-state index contributed by atoms with van der Waals surface area (Å²) in [6.07, 6.45) is 2.33. The van der Waals surface area contributed by atoms with Crippen molar-refractivity contribution < 1.29 is 0 Å². The maximum atomic E-state index is 3.58. The van der Waals surface area contributed by atoms with Crippen molar-refractivity contribution >= 4 is 0 Å². The van der Waals surface area contributed by atoms with Gasteiger partial charge in [-0.2, -0.15) is 0 Å². The van der Waals surface area contributed by atoms with Gasteiger partial charge < -0.3 is 5.32 Å². The molecule has 1 heteroatoms. The number of rotatable bonds is 5. The van der Waals surface area contributed by atoms with E-state index in [0.717, 1.165) is 12.8 Å². The van der Waals surface area contributed by atoms with Crippen molar-refractivity contribution in [1.82, 2.24) is 5.32 Å². The van der Waals surface area contributed by atoms with E-state index in [9.17, 15) is 0 Å². The summed E-state index contributed by atoms with van der Waals surface area (Å²) in [6.45, 7) is 11.6. The first-order valence-corrected chi connectivity index (χ1v) is 7.15. The van der Waals surface area contributed by atoms with Gasteiger partial charge in [-0.05, 0) is 30.9 Å². The van der Waals surface area contributed by atoms with Gasteiger partial charge in [-0.25, -0.2) is 0 Å². The van der Waals surface area contributed by atoms with Crippen molar-refractivity contribution in [2.45, 2.75) is 58.9 Å². The highest BCUT2D eigenvalue weighted by molar-refractivity contribution is 5.28. The van der Waals surface area contributed by atoms with E-state index in [1.54, 1.807) is 0 Å². The van der Waals surface area contributed by atoms with Crippen LogP contribution in [0.1, 0.15) is 53.0 Å². The minimum absolute atomic E-state index is 0.217. The van der Waals surface area contributed by atoms with E-state index in [-0.39, 0.29) is 10.8 Å². The van der Waals surface area contributed by atoms with Gasteiger partial charge in [0.15, 0.2) is 0 Å². The molecule has 0 aliphatic heterocycles. The molecule has 0 aliphatic rings. The molecule has 0 aliphatic carbocycles. The Morgan fingerprint density at radius 2 is 1.50 bits per heavy atom. The van der Waals surface area contributed by atoms with Gasteiger partial charge in [-0.1, -0.05) is 65.0 Å². The van der Waals surface area contributed by atoms with Crippen molar-refractivity contribution in [3.05, 3.63) is 35.9 Å². The number of nitrogens with one attached hydrogen (secondary N) is 1. The van der Waals surface area contributed by atoms with E-state index in [4.69, 9.17) is 0 Å². The second-order valence-corrected chi connectivity index (χ2v) is 6.32. The molecule has 0 heterocycles. The lowest BCUT2D eigenvalue weighted by molar-refractivity contribution is 0.156. The van der Waals surface area contributed by atoms with E-state index < -0.39 is 0 Å². The number of benzene rings is 1. The summed E-state index contributed by atoms with van der Waals surface area (Å²) >= 11 is 0. The van der Waals surface area contributed by atoms with E-state index >= 15 is 0 Å². The van der Waals surface area contributed by atoms with Crippen LogP contribution >= 0.6 is 0 Å². The van der Waals surface area contributed by atoms with Gasteiger partial charge in [0.1, 0.15) is 0 Å². The zero-order valence-electron chi connectivity index (χ0n) is 12.9. The average molecular weight is 247 g/mol. The van der Waals surface area contributed by atoms with Gasteiger partial charge in [0.05, 0.1) is 0 Å². The Labute approximate surface area is 113 Å². The van der Waals surface area contributed by atoms with E-state index in [1.807, 2.05) is 0 Å². The second-order valence-electron chi connectivity index (χ2n) is 6.32. The van der Waals surface area contributed by atoms with Crippen LogP contribution in [0.3, 0.4) is 0 Å². The van der Waals surface area contributed by atoms with Crippen molar-refractivity contribution in [2.75, 3.05) is 7.05 Å². The molecule has 0 bridgehead atoms. The molecule has 0 amide bonds. The van der Waals surface area contributed by atoms with Gasteiger partial charge in [0.25, 0.3) is 0 Å². The Balaban J connectivity index is 3.30. The van der Waals surface area contributed by atoms with Crippen LogP contribution in [0.4, 0.5) is 0 Å². The van der Waals surface area contributed by atoms with E-state index in [2.05, 4.69) is 77.3 Å². The topological polar surface area (TPSA) is 12.0 Å². The number of hydrogen-bond acceptors (Lipinski definition) is 1. The lowest BCUT2D eigenvalue weighted by Gasteiger charge is -2.47. The van der Waals surface area contributed by atoms with Crippen molar-refractivity contribution in [3.63, 3.8) is 0 Å². The zero-order chi connectivity index (χ0) is 13.8. The van der Waals surface area contributed by atoms with Gasteiger partial charge in [-0.3, -0.25) is 0 Å². The Morgan fingerprint density at radius 1 is 1.00 bits per heavy atom. The standard InChI is InChI=1S/C17H29N/c1-7-17(8-2,14-12-10-9-11-13-14)15(18-6)16(3,4)5/h9-13,15,18H,7-8H2,1-6H3. The van der Waals surface area contributed by atoms with Gasteiger partial charge in [0, 0.05) is 11.5 Å². The lowest BCUT2D eigenvalue weighted by Crippen LogP contribution is -2.53. The molecule has 1 atom stereocenters. The molecule has 1 nitrogen and oxygen atoms in total. The van der Waals surface area contributed by atoms with Crippen molar-refractivity contribution in [2.24, 2.45) is 5.41 Å². The predicted molar refractivity (Wildman–Crippen MR) is 81.0 cm³/mol. The highest BCUT2D eigenvalue weighted by atomic mass is 14.9. The molecule has 0 radical (unpaired) electrons. The third-order valence-electron chi connectivity index (χ3n) is 4.32. The van der Waals surface area contributed by atoms with Crippen LogP contribution in [0, 0.1) is 5.41 Å². The van der Waals surface area contributed by atoms with Crippen molar-refractivity contribution in [3.8, 4) is 0 Å². The summed E-state index contributed by atoms with van der Waals surface area (Å²) in [5, 5.41) is 3.58. The summed E-state index contributed by atoms with van der Waals surface area (Å²) in [5.74, 6) is 0. The molecule has 0 aromatic heterocycles. The Morgan fingerprint density at radius 3 is 1.83 bits per heavy atom. The fourth-order valence-corrected chi connectivity index (χ4v) is 3.54. The van der Waals surface area contributed by atoms with Crippen LogP contribution < -0.4 is 5.32 Å². The quantitative estimate of drug-likeness (QED) is 0.814. The minimum Gasteiger partial charge on any atom is -0.316 e. The van der Waals surface area contributed by atoms with Crippen LogP contribution in [0.2, 0.25) is 0 Å². The largest absolute Gasteiger partial charge is 0.316 e. The van der Waals surface area contributed by atoms with Crippen LogP contribution in [-0.4, -0.2) is 13.1 Å². The normalized spacial score (nSPS) is 14.6. The molecule has 0 saturated heterocycles. The first kappa shape index (κ1) is 15.2. The highest BCUT2D eigenvalue weighted by Crippen LogP contribution is 2.42. The van der Waals surface area contributed by atoms with Crippen LogP contribution in [-0.2, 0) is 5.41 Å². The third-order valence-corrected chi connectivity index (χ3v) is 4.32. The molecule has 102 valence electrons. The van der Waals surface area contributed by atoms with Gasteiger partial charge in [0.2, 0.25) is 0 Å². The fraction of sp³-hybridized carbons (Fsp3) is 0.647. The Kier molecular flexibility index (Phi) is 4.98. The molecule has 1 rings (SSSR count). The fourth-order valence-electron chi connectivity index (χ4n) is 3.54. The molecule has 0 fully saturated rings. The monoisotopic (exact) mass is 247 g/mol. The summed E-state index contributed by atoms with van der Waals surface area (Å²) in [5.41, 5.74) is 1.93. The predicted octanol–water partition coefficient (Wildman–Crippen LogP) is 4.38. The third kappa shape index (κ3) is 2.77. The first-order chi connectivity index (χ1) is 8.42. The molecule has 1 unspecified atom stereocenters. The number of likely N-dealkylation sites (N-methyl/N-ethyl adjacent to an activating group) is 1. The first-order valence-electron chi connectivity index (χ1n) is 7.15.